The molecule has 20 heavy (non-hydrogen) atoms. The van der Waals surface area contributed by atoms with Gasteiger partial charge in [-0.15, -0.1) is 0 Å². The van der Waals surface area contributed by atoms with Gasteiger partial charge in [0.2, 0.25) is 10.0 Å². The van der Waals surface area contributed by atoms with Crippen LogP contribution in [0.5, 0.6) is 0 Å². The lowest BCUT2D eigenvalue weighted by Crippen LogP contribution is -2.35. The monoisotopic (exact) mass is 318 g/mol. The van der Waals surface area contributed by atoms with E-state index in [0.29, 0.717) is 30.3 Å². The molecule has 0 radical (unpaired) electrons. The van der Waals surface area contributed by atoms with E-state index in [1.807, 2.05) is 0 Å². The van der Waals surface area contributed by atoms with Crippen LogP contribution in [0.15, 0.2) is 24.3 Å². The van der Waals surface area contributed by atoms with Crippen molar-refractivity contribution in [3.8, 4) is 0 Å². The van der Waals surface area contributed by atoms with Crippen LogP contribution in [0.25, 0.3) is 0 Å². The maximum Gasteiger partial charge on any atom is 0.409 e. The van der Waals surface area contributed by atoms with Crippen LogP contribution in [-0.4, -0.2) is 45.7 Å². The van der Waals surface area contributed by atoms with Crippen molar-refractivity contribution in [1.82, 2.24) is 9.62 Å². The Hall–Kier alpha value is -1.31. The van der Waals surface area contributed by atoms with E-state index in [1.54, 1.807) is 24.3 Å². The average molecular weight is 319 g/mol. The zero-order valence-corrected chi connectivity index (χ0v) is 12.3. The molecule has 1 aliphatic rings. The molecule has 8 heteroatoms. The van der Waals surface area contributed by atoms with Crippen LogP contribution in [0.4, 0.5) is 4.79 Å². The number of halogens is 1. The third-order valence-corrected chi connectivity index (χ3v) is 4.43. The average Bonchev–Trinajstić information content (AvgIpc) is 2.78. The molecule has 1 amide bonds. The van der Waals surface area contributed by atoms with E-state index in [-0.39, 0.29) is 12.3 Å². The van der Waals surface area contributed by atoms with Crippen LogP contribution in [0, 0.1) is 0 Å². The van der Waals surface area contributed by atoms with Gasteiger partial charge in [0.25, 0.3) is 0 Å². The van der Waals surface area contributed by atoms with Crippen LogP contribution in [0.3, 0.4) is 0 Å². The van der Waals surface area contributed by atoms with Gasteiger partial charge in [0.1, 0.15) is 6.61 Å². The van der Waals surface area contributed by atoms with Gasteiger partial charge in [-0.1, -0.05) is 23.7 Å². The highest BCUT2D eigenvalue weighted by Crippen LogP contribution is 2.11. The summed E-state index contributed by atoms with van der Waals surface area (Å²) in [4.78, 5) is 12.6. The van der Waals surface area contributed by atoms with Gasteiger partial charge in [0.05, 0.1) is 12.3 Å². The number of hydrogen-bond acceptors (Lipinski definition) is 4. The van der Waals surface area contributed by atoms with E-state index in [9.17, 15) is 13.2 Å². The Balaban J connectivity index is 1.81. The fourth-order valence-electron chi connectivity index (χ4n) is 1.82. The summed E-state index contributed by atoms with van der Waals surface area (Å²) < 4.78 is 30.9. The minimum absolute atomic E-state index is 0.116. The van der Waals surface area contributed by atoms with E-state index >= 15 is 0 Å². The number of sulfonamides is 1. The molecule has 1 fully saturated rings. The summed E-state index contributed by atoms with van der Waals surface area (Å²) in [5.74, 6) is -0.116. The molecule has 1 aliphatic heterocycles. The lowest BCUT2D eigenvalue weighted by atomic mass is 10.2. The normalized spacial score (nSPS) is 15.4. The highest BCUT2D eigenvalue weighted by atomic mass is 35.5. The number of hydrogen-bond donors (Lipinski definition) is 1. The van der Waals surface area contributed by atoms with Gasteiger partial charge >= 0.3 is 6.09 Å². The van der Waals surface area contributed by atoms with E-state index in [4.69, 9.17) is 16.3 Å². The molecule has 2 rings (SSSR count). The van der Waals surface area contributed by atoms with E-state index in [1.165, 1.54) is 4.90 Å². The number of benzene rings is 1. The van der Waals surface area contributed by atoms with Gasteiger partial charge in [0, 0.05) is 18.1 Å². The van der Waals surface area contributed by atoms with Crippen molar-refractivity contribution in [2.75, 3.05) is 26.2 Å². The summed E-state index contributed by atoms with van der Waals surface area (Å²) >= 11 is 5.74. The number of nitrogens with one attached hydrogen (secondary N) is 1. The van der Waals surface area contributed by atoms with Crippen molar-refractivity contribution in [2.45, 2.75) is 5.75 Å². The first-order valence-electron chi connectivity index (χ1n) is 6.10. The Kier molecular flexibility index (Phi) is 4.85. The number of rotatable bonds is 6. The molecular formula is C12H15ClN2O4S. The maximum absolute atomic E-state index is 11.9. The first-order valence-corrected chi connectivity index (χ1v) is 8.13. The van der Waals surface area contributed by atoms with Gasteiger partial charge in [-0.25, -0.2) is 17.9 Å². The molecule has 0 atom stereocenters. The number of ether oxygens (including phenoxy) is 1. The second kappa shape index (κ2) is 6.43. The maximum atomic E-state index is 11.9. The Morgan fingerprint density at radius 2 is 2.00 bits per heavy atom. The molecule has 0 aliphatic carbocycles. The van der Waals surface area contributed by atoms with Gasteiger partial charge in [0.15, 0.2) is 0 Å². The minimum Gasteiger partial charge on any atom is -0.448 e. The molecule has 0 unspecified atom stereocenters. The third kappa shape index (κ3) is 4.36. The summed E-state index contributed by atoms with van der Waals surface area (Å²) in [6, 6.07) is 6.62. The molecular weight excluding hydrogens is 304 g/mol. The zero-order chi connectivity index (χ0) is 14.6. The molecule has 1 aromatic rings. The van der Waals surface area contributed by atoms with Crippen LogP contribution in [0.2, 0.25) is 5.02 Å². The second-order valence-electron chi connectivity index (χ2n) is 4.38. The highest BCUT2D eigenvalue weighted by molar-refractivity contribution is 7.88. The van der Waals surface area contributed by atoms with Crippen molar-refractivity contribution < 1.29 is 17.9 Å². The van der Waals surface area contributed by atoms with Gasteiger partial charge in [-0.05, 0) is 17.7 Å². The molecule has 110 valence electrons. The summed E-state index contributed by atoms with van der Waals surface area (Å²) in [5, 5.41) is 0.562. The fourth-order valence-corrected chi connectivity index (χ4v) is 3.08. The van der Waals surface area contributed by atoms with E-state index in [2.05, 4.69) is 4.72 Å². The Morgan fingerprint density at radius 1 is 1.30 bits per heavy atom. The Morgan fingerprint density at radius 3 is 2.60 bits per heavy atom. The van der Waals surface area contributed by atoms with Crippen LogP contribution in [-0.2, 0) is 20.5 Å². The molecule has 1 N–H and O–H groups in total. The number of carbonyl (C=O) groups excluding carboxylic acids is 1. The van der Waals surface area contributed by atoms with Gasteiger partial charge in [-0.3, -0.25) is 0 Å². The predicted octanol–water partition coefficient (Wildman–Crippen LogP) is 1.21. The van der Waals surface area contributed by atoms with E-state index < -0.39 is 16.1 Å². The Labute approximate surface area is 122 Å². The fraction of sp³-hybridized carbons (Fsp3) is 0.417. The molecule has 1 heterocycles. The first kappa shape index (κ1) is 15.1. The minimum atomic E-state index is -3.43. The van der Waals surface area contributed by atoms with Crippen molar-refractivity contribution in [1.29, 1.82) is 0 Å². The number of cyclic esters (lactones) is 1. The van der Waals surface area contributed by atoms with Gasteiger partial charge < -0.3 is 9.64 Å². The molecule has 6 nitrogen and oxygen atoms in total. The third-order valence-electron chi connectivity index (χ3n) is 2.82. The quantitative estimate of drug-likeness (QED) is 0.855. The smallest absolute Gasteiger partial charge is 0.409 e. The number of carbonyl (C=O) groups is 1. The molecule has 1 saturated heterocycles. The summed E-state index contributed by atoms with van der Waals surface area (Å²) in [6.45, 7) is 1.33. The molecule has 0 bridgehead atoms. The second-order valence-corrected chi connectivity index (χ2v) is 6.62. The highest BCUT2D eigenvalue weighted by Gasteiger charge is 2.21. The SMILES string of the molecule is O=C1OCCN1CCNS(=O)(=O)Cc1ccc(Cl)cc1. The largest absolute Gasteiger partial charge is 0.448 e. The summed E-state index contributed by atoms with van der Waals surface area (Å²) in [7, 11) is -3.43. The topological polar surface area (TPSA) is 75.7 Å². The first-order chi connectivity index (χ1) is 9.46. The predicted molar refractivity (Wildman–Crippen MR) is 75.0 cm³/mol. The van der Waals surface area contributed by atoms with Crippen LogP contribution < -0.4 is 4.72 Å². The van der Waals surface area contributed by atoms with Crippen molar-refractivity contribution in [2.24, 2.45) is 0 Å². The standard InChI is InChI=1S/C12H15ClN2O4S/c13-11-3-1-10(2-4-11)9-20(17,18)14-5-6-15-7-8-19-12(15)16/h1-4,14H,5-9H2. The zero-order valence-electron chi connectivity index (χ0n) is 10.7. The van der Waals surface area contributed by atoms with Crippen LogP contribution >= 0.6 is 11.6 Å². The van der Waals surface area contributed by atoms with Gasteiger partial charge in [-0.2, -0.15) is 0 Å². The lowest BCUT2D eigenvalue weighted by molar-refractivity contribution is 0.159. The summed E-state index contributed by atoms with van der Waals surface area (Å²) in [5.41, 5.74) is 0.655. The molecule has 0 spiro atoms. The van der Waals surface area contributed by atoms with Crippen LogP contribution in [0.1, 0.15) is 5.56 Å². The van der Waals surface area contributed by atoms with Crippen molar-refractivity contribution in [3.63, 3.8) is 0 Å². The number of nitrogens with zero attached hydrogens (tertiary/aromatic N) is 1. The molecule has 0 aromatic heterocycles. The van der Waals surface area contributed by atoms with Crippen molar-refractivity contribution in [3.05, 3.63) is 34.9 Å². The molecule has 0 saturated carbocycles. The van der Waals surface area contributed by atoms with Crippen molar-refractivity contribution >= 4 is 27.7 Å². The lowest BCUT2D eigenvalue weighted by Gasteiger charge is -2.13. The number of amides is 1. The Bertz CT molecular complexity index is 574. The molecule has 1 aromatic carbocycles. The van der Waals surface area contributed by atoms with E-state index in [0.717, 1.165) is 0 Å². The summed E-state index contributed by atoms with van der Waals surface area (Å²) in [6.07, 6.45) is -0.401.